The molecular weight excluding hydrogens is 206 g/mol. The van der Waals surface area contributed by atoms with Crippen molar-refractivity contribution < 1.29 is 0 Å². The van der Waals surface area contributed by atoms with Crippen molar-refractivity contribution in [2.75, 3.05) is 0 Å². The molecule has 80 valence electrons. The molecule has 0 unspecified atom stereocenters. The van der Waals surface area contributed by atoms with E-state index in [2.05, 4.69) is 26.0 Å². The van der Waals surface area contributed by atoms with E-state index < -0.39 is 0 Å². The summed E-state index contributed by atoms with van der Waals surface area (Å²) in [7, 11) is 0. The van der Waals surface area contributed by atoms with Crippen molar-refractivity contribution in [2.24, 2.45) is 5.73 Å². The summed E-state index contributed by atoms with van der Waals surface area (Å²) >= 11 is 5.96. The Bertz CT molecular complexity index is 413. The fourth-order valence-corrected chi connectivity index (χ4v) is 2.16. The van der Waals surface area contributed by atoms with Gasteiger partial charge in [0, 0.05) is 10.6 Å². The van der Waals surface area contributed by atoms with Gasteiger partial charge in [-0.05, 0) is 49.9 Å². The van der Waals surface area contributed by atoms with E-state index in [-0.39, 0.29) is 5.54 Å². The zero-order valence-corrected chi connectivity index (χ0v) is 9.93. The van der Waals surface area contributed by atoms with E-state index in [1.54, 1.807) is 0 Å². The van der Waals surface area contributed by atoms with Crippen LogP contribution in [0.15, 0.2) is 23.8 Å². The second kappa shape index (κ2) is 3.66. The fourth-order valence-electron chi connectivity index (χ4n) is 1.97. The van der Waals surface area contributed by atoms with Gasteiger partial charge >= 0.3 is 0 Å². The predicted octanol–water partition coefficient (Wildman–Crippen LogP) is 3.41. The number of aryl methyl sites for hydroxylation is 1. The Kier molecular flexibility index (Phi) is 2.61. The molecule has 2 rings (SSSR count). The summed E-state index contributed by atoms with van der Waals surface area (Å²) in [5.74, 6) is 0. The summed E-state index contributed by atoms with van der Waals surface area (Å²) in [6, 6.07) is 6.06. The third kappa shape index (κ3) is 2.24. The molecule has 0 fully saturated rings. The van der Waals surface area contributed by atoms with E-state index >= 15 is 0 Å². The molecule has 1 aromatic carbocycles. The molecule has 0 saturated heterocycles. The van der Waals surface area contributed by atoms with Crippen LogP contribution in [0.2, 0.25) is 5.02 Å². The first kappa shape index (κ1) is 10.7. The molecule has 0 aliphatic heterocycles. The highest BCUT2D eigenvalue weighted by molar-refractivity contribution is 6.30. The van der Waals surface area contributed by atoms with E-state index in [0.29, 0.717) is 0 Å². The minimum absolute atomic E-state index is 0.211. The summed E-state index contributed by atoms with van der Waals surface area (Å²) < 4.78 is 0. The first-order chi connectivity index (χ1) is 6.97. The molecular formula is C13H16ClN. The summed E-state index contributed by atoms with van der Waals surface area (Å²) in [4.78, 5) is 0. The Morgan fingerprint density at radius 3 is 2.67 bits per heavy atom. The molecule has 0 bridgehead atoms. The molecule has 2 heteroatoms. The Morgan fingerprint density at radius 2 is 2.00 bits per heavy atom. The number of rotatable bonds is 1. The minimum Gasteiger partial charge on any atom is -0.322 e. The van der Waals surface area contributed by atoms with Gasteiger partial charge < -0.3 is 5.73 Å². The van der Waals surface area contributed by atoms with Gasteiger partial charge in [0.15, 0.2) is 0 Å². The number of benzene rings is 1. The average Bonchev–Trinajstić information content (AvgIpc) is 2.15. The Hall–Kier alpha value is -0.790. The topological polar surface area (TPSA) is 26.0 Å². The lowest BCUT2D eigenvalue weighted by molar-refractivity contribution is 0.583. The van der Waals surface area contributed by atoms with Crippen molar-refractivity contribution in [3.8, 4) is 0 Å². The molecule has 2 N–H and O–H groups in total. The van der Waals surface area contributed by atoms with E-state index in [1.165, 1.54) is 16.7 Å². The molecule has 1 nitrogen and oxygen atoms in total. The highest BCUT2D eigenvalue weighted by atomic mass is 35.5. The summed E-state index contributed by atoms with van der Waals surface area (Å²) in [5, 5.41) is 0.817. The lowest BCUT2D eigenvalue weighted by Crippen LogP contribution is -2.35. The maximum absolute atomic E-state index is 6.10. The van der Waals surface area contributed by atoms with Crippen molar-refractivity contribution in [3.63, 3.8) is 0 Å². The second-order valence-electron chi connectivity index (χ2n) is 4.73. The van der Waals surface area contributed by atoms with Crippen LogP contribution in [0.25, 0.3) is 6.08 Å². The van der Waals surface area contributed by atoms with Crippen LogP contribution in [0.5, 0.6) is 0 Å². The van der Waals surface area contributed by atoms with Gasteiger partial charge in [-0.3, -0.25) is 0 Å². The van der Waals surface area contributed by atoms with E-state index in [9.17, 15) is 0 Å². The normalized spacial score (nSPS) is 15.9. The zero-order valence-electron chi connectivity index (χ0n) is 9.18. The zero-order chi connectivity index (χ0) is 11.1. The van der Waals surface area contributed by atoms with Gasteiger partial charge in [-0.25, -0.2) is 0 Å². The third-order valence-corrected chi connectivity index (χ3v) is 3.16. The molecule has 0 spiro atoms. The van der Waals surface area contributed by atoms with Gasteiger partial charge in [-0.15, -0.1) is 0 Å². The first-order valence-electron chi connectivity index (χ1n) is 5.25. The molecule has 0 saturated carbocycles. The van der Waals surface area contributed by atoms with Gasteiger partial charge in [0.1, 0.15) is 0 Å². The van der Waals surface area contributed by atoms with E-state index in [4.69, 9.17) is 17.3 Å². The Morgan fingerprint density at radius 1 is 1.27 bits per heavy atom. The summed E-state index contributed by atoms with van der Waals surface area (Å²) in [6.45, 7) is 4.11. The number of halogens is 1. The third-order valence-electron chi connectivity index (χ3n) is 2.93. The van der Waals surface area contributed by atoms with Crippen LogP contribution in [0, 0.1) is 0 Å². The second-order valence-corrected chi connectivity index (χ2v) is 5.17. The fraction of sp³-hybridized carbons (Fsp3) is 0.385. The van der Waals surface area contributed by atoms with Crippen LogP contribution in [-0.4, -0.2) is 5.54 Å². The Balaban J connectivity index is 2.42. The van der Waals surface area contributed by atoms with Gasteiger partial charge in [-0.1, -0.05) is 29.3 Å². The van der Waals surface area contributed by atoms with Gasteiger partial charge in [-0.2, -0.15) is 0 Å². The van der Waals surface area contributed by atoms with Crippen LogP contribution in [0.4, 0.5) is 0 Å². The first-order valence-corrected chi connectivity index (χ1v) is 5.63. The number of hydrogen-bond donors (Lipinski definition) is 1. The molecule has 0 radical (unpaired) electrons. The highest BCUT2D eigenvalue weighted by Gasteiger charge is 2.21. The van der Waals surface area contributed by atoms with Crippen molar-refractivity contribution in [1.82, 2.24) is 0 Å². The smallest absolute Gasteiger partial charge is 0.0409 e. The van der Waals surface area contributed by atoms with E-state index in [1.807, 2.05) is 12.1 Å². The van der Waals surface area contributed by atoms with E-state index in [0.717, 1.165) is 17.9 Å². The molecule has 0 heterocycles. The monoisotopic (exact) mass is 221 g/mol. The molecule has 0 atom stereocenters. The molecule has 1 aliphatic rings. The van der Waals surface area contributed by atoms with Crippen LogP contribution in [0.3, 0.4) is 0 Å². The SMILES string of the molecule is CC(C)(N)C1=Cc2ccc(Cl)cc2CC1. The van der Waals surface area contributed by atoms with Crippen LogP contribution in [-0.2, 0) is 6.42 Å². The maximum Gasteiger partial charge on any atom is 0.0409 e. The van der Waals surface area contributed by atoms with Crippen LogP contribution < -0.4 is 5.73 Å². The largest absolute Gasteiger partial charge is 0.322 e. The number of fused-ring (bicyclic) bond motifs is 1. The lowest BCUT2D eigenvalue weighted by Gasteiger charge is -2.27. The summed E-state index contributed by atoms with van der Waals surface area (Å²) in [5.41, 5.74) is 9.80. The predicted molar refractivity (Wildman–Crippen MR) is 66.0 cm³/mol. The molecule has 0 amide bonds. The maximum atomic E-state index is 6.10. The summed E-state index contributed by atoms with van der Waals surface area (Å²) in [6.07, 6.45) is 4.29. The van der Waals surface area contributed by atoms with Crippen molar-refractivity contribution in [2.45, 2.75) is 32.2 Å². The van der Waals surface area contributed by atoms with Crippen molar-refractivity contribution >= 4 is 17.7 Å². The molecule has 0 aromatic heterocycles. The quantitative estimate of drug-likeness (QED) is 0.773. The van der Waals surface area contributed by atoms with Gasteiger partial charge in [0.2, 0.25) is 0 Å². The number of hydrogen-bond acceptors (Lipinski definition) is 1. The van der Waals surface area contributed by atoms with Gasteiger partial charge in [0.05, 0.1) is 0 Å². The molecule has 1 aromatic rings. The Labute approximate surface area is 95.9 Å². The number of nitrogens with two attached hydrogens (primary N) is 1. The van der Waals surface area contributed by atoms with Gasteiger partial charge in [0.25, 0.3) is 0 Å². The standard InChI is InChI=1S/C13H16ClN/c1-13(2,15)11-5-3-10-8-12(14)6-4-9(10)7-11/h4,6-8H,3,5,15H2,1-2H3. The van der Waals surface area contributed by atoms with Crippen molar-refractivity contribution in [3.05, 3.63) is 39.9 Å². The van der Waals surface area contributed by atoms with Crippen LogP contribution >= 0.6 is 11.6 Å². The van der Waals surface area contributed by atoms with Crippen molar-refractivity contribution in [1.29, 1.82) is 0 Å². The molecule has 15 heavy (non-hydrogen) atoms. The highest BCUT2D eigenvalue weighted by Crippen LogP contribution is 2.30. The average molecular weight is 222 g/mol. The minimum atomic E-state index is -0.211. The lowest BCUT2D eigenvalue weighted by atomic mass is 9.83. The van der Waals surface area contributed by atoms with Crippen LogP contribution in [0.1, 0.15) is 31.4 Å². The molecule has 1 aliphatic carbocycles.